The summed E-state index contributed by atoms with van der Waals surface area (Å²) in [6.07, 6.45) is 0. The van der Waals surface area contributed by atoms with Gasteiger partial charge in [-0.25, -0.2) is 9.18 Å². The quantitative estimate of drug-likeness (QED) is 0.918. The van der Waals surface area contributed by atoms with Crippen LogP contribution in [0.5, 0.6) is 5.75 Å². The highest BCUT2D eigenvalue weighted by Gasteiger charge is 2.11. The minimum Gasteiger partial charge on any atom is -0.495 e. The van der Waals surface area contributed by atoms with E-state index in [-0.39, 0.29) is 5.56 Å². The molecule has 2 rings (SSSR count). The second-order valence-electron chi connectivity index (χ2n) is 4.68. The van der Waals surface area contributed by atoms with Crippen LogP contribution in [0.2, 0.25) is 0 Å². The lowest BCUT2D eigenvalue weighted by atomic mass is 10.1. The lowest BCUT2D eigenvalue weighted by Crippen LogP contribution is -2.17. The van der Waals surface area contributed by atoms with E-state index < -0.39 is 11.8 Å². The molecule has 2 aromatic carbocycles. The van der Waals surface area contributed by atoms with Crippen LogP contribution in [-0.4, -0.2) is 25.2 Å². The van der Waals surface area contributed by atoms with Crippen molar-refractivity contribution in [2.45, 2.75) is 6.54 Å². The van der Waals surface area contributed by atoms with E-state index in [4.69, 9.17) is 9.84 Å². The van der Waals surface area contributed by atoms with Crippen LogP contribution in [0.1, 0.15) is 15.9 Å². The number of hydrogen-bond donors (Lipinski definition) is 1. The molecule has 4 nitrogen and oxygen atoms in total. The minimum absolute atomic E-state index is 0.0570. The Kier molecular flexibility index (Phi) is 4.42. The topological polar surface area (TPSA) is 49.8 Å². The molecule has 0 heterocycles. The molecule has 0 radical (unpaired) electrons. The van der Waals surface area contributed by atoms with E-state index in [1.54, 1.807) is 7.11 Å². The number of para-hydroxylation sites is 2. The predicted octanol–water partition coefficient (Wildman–Crippen LogP) is 3.17. The number of carboxylic acids is 1. The summed E-state index contributed by atoms with van der Waals surface area (Å²) < 4.78 is 18.8. The first kappa shape index (κ1) is 14.8. The number of methoxy groups -OCH3 is 1. The van der Waals surface area contributed by atoms with Crippen LogP contribution < -0.4 is 9.64 Å². The monoisotopic (exact) mass is 289 g/mol. The van der Waals surface area contributed by atoms with E-state index >= 15 is 0 Å². The Labute approximate surface area is 122 Å². The zero-order valence-electron chi connectivity index (χ0n) is 11.8. The maximum atomic E-state index is 13.5. The molecule has 0 aromatic heterocycles. The van der Waals surface area contributed by atoms with Gasteiger partial charge in [0.05, 0.1) is 18.4 Å². The Bertz CT molecular complexity index is 658. The third kappa shape index (κ3) is 3.51. The van der Waals surface area contributed by atoms with Gasteiger partial charge in [-0.1, -0.05) is 12.1 Å². The summed E-state index contributed by atoms with van der Waals surface area (Å²) in [6, 6.07) is 11.3. The van der Waals surface area contributed by atoms with E-state index in [0.29, 0.717) is 17.9 Å². The molecule has 0 bridgehead atoms. The second-order valence-corrected chi connectivity index (χ2v) is 4.68. The van der Waals surface area contributed by atoms with Crippen LogP contribution in [0.25, 0.3) is 0 Å². The summed E-state index contributed by atoms with van der Waals surface area (Å²) in [5.41, 5.74) is 1.38. The van der Waals surface area contributed by atoms with Gasteiger partial charge in [0, 0.05) is 13.6 Å². The Balaban J connectivity index is 2.27. The summed E-state index contributed by atoms with van der Waals surface area (Å²) in [4.78, 5) is 12.8. The Morgan fingerprint density at radius 3 is 2.67 bits per heavy atom. The lowest BCUT2D eigenvalue weighted by Gasteiger charge is -2.22. The molecule has 0 fully saturated rings. The fraction of sp³-hybridized carbons (Fsp3) is 0.188. The van der Waals surface area contributed by atoms with Crippen molar-refractivity contribution < 1.29 is 19.0 Å². The summed E-state index contributed by atoms with van der Waals surface area (Å²) in [5, 5.41) is 8.97. The summed E-state index contributed by atoms with van der Waals surface area (Å²) in [5.74, 6) is -0.996. The minimum atomic E-state index is -1.14. The molecule has 5 heteroatoms. The summed E-state index contributed by atoms with van der Waals surface area (Å²) >= 11 is 0. The largest absolute Gasteiger partial charge is 0.495 e. The number of ether oxygens (including phenoxy) is 1. The van der Waals surface area contributed by atoms with Crippen molar-refractivity contribution in [3.8, 4) is 5.75 Å². The predicted molar refractivity (Wildman–Crippen MR) is 78.5 cm³/mol. The number of hydrogen-bond acceptors (Lipinski definition) is 3. The fourth-order valence-corrected chi connectivity index (χ4v) is 2.17. The Morgan fingerprint density at radius 1 is 1.29 bits per heavy atom. The average Bonchev–Trinajstić information content (AvgIpc) is 2.46. The zero-order chi connectivity index (χ0) is 15.4. The first-order chi connectivity index (χ1) is 10.0. The van der Waals surface area contributed by atoms with Gasteiger partial charge in [0.25, 0.3) is 0 Å². The van der Waals surface area contributed by atoms with Crippen LogP contribution >= 0.6 is 0 Å². The van der Waals surface area contributed by atoms with Crippen molar-refractivity contribution in [3.05, 3.63) is 59.4 Å². The van der Waals surface area contributed by atoms with E-state index in [1.807, 2.05) is 36.2 Å². The molecule has 2 aromatic rings. The van der Waals surface area contributed by atoms with E-state index in [9.17, 15) is 9.18 Å². The van der Waals surface area contributed by atoms with Gasteiger partial charge in [0.1, 0.15) is 11.6 Å². The molecular weight excluding hydrogens is 273 g/mol. The first-order valence-electron chi connectivity index (χ1n) is 6.38. The molecule has 1 N–H and O–H groups in total. The van der Waals surface area contributed by atoms with Gasteiger partial charge in [-0.05, 0) is 35.9 Å². The average molecular weight is 289 g/mol. The van der Waals surface area contributed by atoms with Crippen molar-refractivity contribution in [2.24, 2.45) is 0 Å². The standard InChI is InChI=1S/C16H16FNO3/c1-18(14-5-3-4-6-15(14)21-2)10-11-7-12(16(19)20)9-13(17)8-11/h3-9H,10H2,1-2H3,(H,19,20). The molecule has 0 saturated carbocycles. The number of aromatic carboxylic acids is 1. The molecule has 0 amide bonds. The van der Waals surface area contributed by atoms with Crippen molar-refractivity contribution in [3.63, 3.8) is 0 Å². The van der Waals surface area contributed by atoms with Crippen molar-refractivity contribution in [2.75, 3.05) is 19.1 Å². The van der Waals surface area contributed by atoms with Gasteiger partial charge in [-0.2, -0.15) is 0 Å². The number of anilines is 1. The highest BCUT2D eigenvalue weighted by molar-refractivity contribution is 5.87. The molecule has 0 aliphatic heterocycles. The summed E-state index contributed by atoms with van der Waals surface area (Å²) in [7, 11) is 3.42. The van der Waals surface area contributed by atoms with Crippen LogP contribution in [-0.2, 0) is 6.54 Å². The van der Waals surface area contributed by atoms with Gasteiger partial charge >= 0.3 is 5.97 Å². The lowest BCUT2D eigenvalue weighted by molar-refractivity contribution is 0.0696. The number of halogens is 1. The molecular formula is C16H16FNO3. The molecule has 0 spiro atoms. The second kappa shape index (κ2) is 6.26. The number of rotatable bonds is 5. The maximum Gasteiger partial charge on any atom is 0.335 e. The molecule has 0 unspecified atom stereocenters. The summed E-state index contributed by atoms with van der Waals surface area (Å²) in [6.45, 7) is 0.373. The molecule has 0 aliphatic carbocycles. The Morgan fingerprint density at radius 2 is 2.00 bits per heavy atom. The third-order valence-corrected chi connectivity index (χ3v) is 3.12. The molecule has 21 heavy (non-hydrogen) atoms. The maximum absolute atomic E-state index is 13.5. The zero-order valence-corrected chi connectivity index (χ0v) is 11.8. The highest BCUT2D eigenvalue weighted by atomic mass is 19.1. The van der Waals surface area contributed by atoms with Crippen LogP contribution in [0.15, 0.2) is 42.5 Å². The fourth-order valence-electron chi connectivity index (χ4n) is 2.17. The highest BCUT2D eigenvalue weighted by Crippen LogP contribution is 2.27. The van der Waals surface area contributed by atoms with Crippen molar-refractivity contribution >= 4 is 11.7 Å². The third-order valence-electron chi connectivity index (χ3n) is 3.12. The van der Waals surface area contributed by atoms with E-state index in [2.05, 4.69) is 0 Å². The number of benzene rings is 2. The first-order valence-corrected chi connectivity index (χ1v) is 6.38. The SMILES string of the molecule is COc1ccccc1N(C)Cc1cc(F)cc(C(=O)O)c1. The van der Waals surface area contributed by atoms with E-state index in [0.717, 1.165) is 11.8 Å². The molecule has 0 atom stereocenters. The molecule has 110 valence electrons. The van der Waals surface area contributed by atoms with Crippen LogP contribution in [0.3, 0.4) is 0 Å². The van der Waals surface area contributed by atoms with Gasteiger partial charge in [0.2, 0.25) is 0 Å². The normalized spacial score (nSPS) is 10.2. The Hall–Kier alpha value is -2.56. The molecule has 0 aliphatic rings. The molecule has 0 saturated heterocycles. The van der Waals surface area contributed by atoms with E-state index in [1.165, 1.54) is 12.1 Å². The number of carbonyl (C=O) groups is 1. The number of carboxylic acid groups (broad SMARTS) is 1. The van der Waals surface area contributed by atoms with Crippen LogP contribution in [0.4, 0.5) is 10.1 Å². The van der Waals surface area contributed by atoms with Gasteiger partial charge < -0.3 is 14.7 Å². The van der Waals surface area contributed by atoms with Crippen molar-refractivity contribution in [1.82, 2.24) is 0 Å². The van der Waals surface area contributed by atoms with Gasteiger partial charge in [0.15, 0.2) is 0 Å². The smallest absolute Gasteiger partial charge is 0.335 e. The van der Waals surface area contributed by atoms with Gasteiger partial charge in [-0.15, -0.1) is 0 Å². The van der Waals surface area contributed by atoms with Crippen LogP contribution in [0, 0.1) is 5.82 Å². The van der Waals surface area contributed by atoms with Gasteiger partial charge in [-0.3, -0.25) is 0 Å². The van der Waals surface area contributed by atoms with Crippen molar-refractivity contribution in [1.29, 1.82) is 0 Å². The number of nitrogens with zero attached hydrogens (tertiary/aromatic N) is 1.